The Balaban J connectivity index is 1.58. The second kappa shape index (κ2) is 9.64. The van der Waals surface area contributed by atoms with Crippen molar-refractivity contribution in [3.8, 4) is 0 Å². The average molecular weight is 470 g/mol. The lowest BCUT2D eigenvalue weighted by molar-refractivity contribution is 0.0850. The second-order valence-electron chi connectivity index (χ2n) is 9.32. The monoisotopic (exact) mass is 469 g/mol. The number of aliphatic hydroxyl groups excluding tert-OH is 1. The molecule has 1 aromatic heterocycles. The first-order chi connectivity index (χ1) is 17.0. The normalized spacial score (nSPS) is 18.5. The number of hydrogen-bond donors (Lipinski definition) is 3. The third-order valence-corrected chi connectivity index (χ3v) is 7.02. The van der Waals surface area contributed by atoms with Crippen LogP contribution in [-0.2, 0) is 12.1 Å². The van der Waals surface area contributed by atoms with E-state index in [0.29, 0.717) is 24.4 Å². The van der Waals surface area contributed by atoms with Crippen molar-refractivity contribution in [2.75, 3.05) is 0 Å². The highest BCUT2D eigenvalue weighted by Gasteiger charge is 2.38. The van der Waals surface area contributed by atoms with Crippen LogP contribution in [0.25, 0.3) is 11.0 Å². The van der Waals surface area contributed by atoms with Crippen LogP contribution in [-0.4, -0.2) is 37.8 Å². The van der Waals surface area contributed by atoms with Gasteiger partial charge >= 0.3 is 0 Å². The van der Waals surface area contributed by atoms with Crippen molar-refractivity contribution in [3.63, 3.8) is 0 Å². The van der Waals surface area contributed by atoms with E-state index < -0.39 is 5.60 Å². The molecule has 1 saturated carbocycles. The van der Waals surface area contributed by atoms with Crippen molar-refractivity contribution < 1.29 is 15.0 Å². The summed E-state index contributed by atoms with van der Waals surface area (Å²) in [5.41, 5.74) is 2.05. The molecule has 5 rings (SSSR count). The highest BCUT2D eigenvalue weighted by Crippen LogP contribution is 2.37. The molecule has 0 aliphatic heterocycles. The van der Waals surface area contributed by atoms with Gasteiger partial charge in [-0.25, -0.2) is 4.98 Å². The van der Waals surface area contributed by atoms with E-state index in [1.165, 1.54) is 0 Å². The number of carbonyl (C=O) groups excluding carboxylic acids is 1. The van der Waals surface area contributed by atoms with Crippen LogP contribution in [0.1, 0.15) is 59.9 Å². The number of imidazole rings is 1. The largest absolute Gasteiger partial charge is 0.393 e. The first kappa shape index (κ1) is 23.3. The standard InChI is InChI=1S/C29H31N3O3/c1-2-32-26-18-20(27(34)30-23-14-9-15-24(33)19-23)16-17-25(26)31-28(32)29(35,21-10-5-3-6-11-21)22-12-7-4-8-13-22/h3-8,10-13,16-18,23-24,33,35H,2,9,14-15,19H2,1H3,(H,30,34)/t23-,24-/m1/s1. The van der Waals surface area contributed by atoms with Crippen molar-refractivity contribution in [1.29, 1.82) is 0 Å². The molecule has 1 fully saturated rings. The van der Waals surface area contributed by atoms with Gasteiger partial charge < -0.3 is 20.1 Å². The molecule has 4 aromatic rings. The zero-order valence-electron chi connectivity index (χ0n) is 19.9. The predicted octanol–water partition coefficient (Wildman–Crippen LogP) is 4.37. The van der Waals surface area contributed by atoms with Crippen LogP contribution in [0.3, 0.4) is 0 Å². The average Bonchev–Trinajstić information content (AvgIpc) is 3.27. The Hall–Kier alpha value is -3.48. The van der Waals surface area contributed by atoms with Gasteiger partial charge in [-0.1, -0.05) is 60.7 Å². The molecule has 1 aliphatic carbocycles. The molecule has 0 radical (unpaired) electrons. The first-order valence-electron chi connectivity index (χ1n) is 12.3. The van der Waals surface area contributed by atoms with Crippen LogP contribution in [0.2, 0.25) is 0 Å². The van der Waals surface area contributed by atoms with Crippen LogP contribution in [0.5, 0.6) is 0 Å². The molecule has 0 unspecified atom stereocenters. The second-order valence-corrected chi connectivity index (χ2v) is 9.32. The fraction of sp³-hybridized carbons (Fsp3) is 0.310. The quantitative estimate of drug-likeness (QED) is 0.391. The van der Waals surface area contributed by atoms with Crippen LogP contribution in [0.4, 0.5) is 0 Å². The summed E-state index contributed by atoms with van der Waals surface area (Å²) in [5, 5.41) is 25.3. The highest BCUT2D eigenvalue weighted by atomic mass is 16.3. The van der Waals surface area contributed by atoms with E-state index in [2.05, 4.69) is 5.32 Å². The Labute approximate surface area is 205 Å². The van der Waals surface area contributed by atoms with Gasteiger partial charge in [0.25, 0.3) is 5.91 Å². The van der Waals surface area contributed by atoms with Gasteiger partial charge in [0.15, 0.2) is 11.4 Å². The number of hydrogen-bond acceptors (Lipinski definition) is 4. The highest BCUT2D eigenvalue weighted by molar-refractivity contribution is 5.97. The minimum atomic E-state index is -1.46. The van der Waals surface area contributed by atoms with E-state index in [-0.39, 0.29) is 18.1 Å². The molecule has 180 valence electrons. The number of fused-ring (bicyclic) bond motifs is 1. The maximum absolute atomic E-state index is 13.0. The molecular weight excluding hydrogens is 438 g/mol. The summed E-state index contributed by atoms with van der Waals surface area (Å²) in [6.45, 7) is 2.59. The molecule has 1 aliphatic rings. The van der Waals surface area contributed by atoms with Crippen molar-refractivity contribution >= 4 is 16.9 Å². The van der Waals surface area contributed by atoms with Gasteiger partial charge in [0.05, 0.1) is 17.1 Å². The molecule has 1 heterocycles. The number of rotatable bonds is 6. The number of nitrogens with one attached hydrogen (secondary N) is 1. The maximum Gasteiger partial charge on any atom is 0.251 e. The number of aliphatic hydroxyl groups is 2. The maximum atomic E-state index is 13.0. The Morgan fingerprint density at radius 1 is 1.03 bits per heavy atom. The van der Waals surface area contributed by atoms with Crippen LogP contribution in [0, 0.1) is 0 Å². The summed E-state index contributed by atoms with van der Waals surface area (Å²) in [5.74, 6) is 0.359. The number of aryl methyl sites for hydroxylation is 1. The van der Waals surface area contributed by atoms with Gasteiger partial charge in [-0.3, -0.25) is 4.79 Å². The lowest BCUT2D eigenvalue weighted by Gasteiger charge is -2.29. The van der Waals surface area contributed by atoms with E-state index in [4.69, 9.17) is 4.98 Å². The van der Waals surface area contributed by atoms with Crippen molar-refractivity contribution in [2.45, 2.75) is 56.9 Å². The lowest BCUT2D eigenvalue weighted by atomic mass is 9.85. The summed E-state index contributed by atoms with van der Waals surface area (Å²) in [7, 11) is 0. The van der Waals surface area contributed by atoms with Crippen molar-refractivity contribution in [2.24, 2.45) is 0 Å². The Bertz CT molecular complexity index is 1280. The first-order valence-corrected chi connectivity index (χ1v) is 12.3. The molecule has 0 spiro atoms. The third-order valence-electron chi connectivity index (χ3n) is 7.02. The fourth-order valence-corrected chi connectivity index (χ4v) is 5.21. The van der Waals surface area contributed by atoms with E-state index in [1.54, 1.807) is 6.07 Å². The molecule has 3 aromatic carbocycles. The molecule has 6 heteroatoms. The smallest absolute Gasteiger partial charge is 0.251 e. The topological polar surface area (TPSA) is 87.4 Å². The van der Waals surface area contributed by atoms with Crippen LogP contribution in [0.15, 0.2) is 78.9 Å². The number of carbonyl (C=O) groups is 1. The number of aromatic nitrogens is 2. The van der Waals surface area contributed by atoms with Crippen molar-refractivity contribution in [3.05, 3.63) is 101 Å². The lowest BCUT2D eigenvalue weighted by Crippen LogP contribution is -2.39. The Morgan fingerprint density at radius 3 is 2.29 bits per heavy atom. The van der Waals surface area contributed by atoms with Crippen LogP contribution >= 0.6 is 0 Å². The number of benzene rings is 3. The molecule has 0 bridgehead atoms. The molecule has 1 amide bonds. The van der Waals surface area contributed by atoms with Crippen molar-refractivity contribution in [1.82, 2.24) is 14.9 Å². The number of amides is 1. The molecule has 35 heavy (non-hydrogen) atoms. The summed E-state index contributed by atoms with van der Waals surface area (Å²) < 4.78 is 1.98. The zero-order chi connectivity index (χ0) is 24.4. The predicted molar refractivity (Wildman–Crippen MR) is 136 cm³/mol. The van der Waals surface area contributed by atoms with Gasteiger partial charge in [0.1, 0.15) is 0 Å². The number of nitrogens with zero attached hydrogens (tertiary/aromatic N) is 2. The molecular formula is C29H31N3O3. The van der Waals surface area contributed by atoms with E-state index in [0.717, 1.165) is 41.4 Å². The summed E-state index contributed by atoms with van der Waals surface area (Å²) >= 11 is 0. The SMILES string of the molecule is CCn1c(C(O)(c2ccccc2)c2ccccc2)nc2ccc(C(=O)N[C@@H]3CCC[C@@H](O)C3)cc21. The van der Waals surface area contributed by atoms with Crippen LogP contribution < -0.4 is 5.32 Å². The van der Waals surface area contributed by atoms with E-state index in [9.17, 15) is 15.0 Å². The Morgan fingerprint density at radius 2 is 1.69 bits per heavy atom. The van der Waals surface area contributed by atoms with Gasteiger partial charge in [0.2, 0.25) is 0 Å². The Kier molecular flexibility index (Phi) is 6.41. The molecule has 2 atom stereocenters. The molecule has 3 N–H and O–H groups in total. The van der Waals surface area contributed by atoms with Gasteiger partial charge in [-0.15, -0.1) is 0 Å². The molecule has 6 nitrogen and oxygen atoms in total. The third kappa shape index (κ3) is 4.35. The zero-order valence-corrected chi connectivity index (χ0v) is 19.9. The minimum Gasteiger partial charge on any atom is -0.393 e. The van der Waals surface area contributed by atoms with E-state index in [1.807, 2.05) is 84.3 Å². The van der Waals surface area contributed by atoms with Gasteiger partial charge in [-0.05, 0) is 61.9 Å². The summed E-state index contributed by atoms with van der Waals surface area (Å²) in [4.78, 5) is 17.9. The molecule has 0 saturated heterocycles. The summed E-state index contributed by atoms with van der Waals surface area (Å²) in [6.07, 6.45) is 2.82. The van der Waals surface area contributed by atoms with Gasteiger partial charge in [-0.2, -0.15) is 0 Å². The summed E-state index contributed by atoms with van der Waals surface area (Å²) in [6, 6.07) is 24.6. The van der Waals surface area contributed by atoms with E-state index >= 15 is 0 Å². The van der Waals surface area contributed by atoms with Gasteiger partial charge in [0, 0.05) is 18.2 Å². The fourth-order valence-electron chi connectivity index (χ4n) is 5.21. The minimum absolute atomic E-state index is 0.0187.